The van der Waals surface area contributed by atoms with Crippen molar-refractivity contribution in [3.63, 3.8) is 0 Å². The van der Waals surface area contributed by atoms with Crippen molar-refractivity contribution in [2.45, 2.75) is 60.4 Å². The summed E-state index contributed by atoms with van der Waals surface area (Å²) in [7, 11) is 0. The van der Waals surface area contributed by atoms with Gasteiger partial charge in [-0.1, -0.05) is 57.1 Å². The van der Waals surface area contributed by atoms with Crippen LogP contribution >= 0.6 is 0 Å². The molecule has 7 nitrogen and oxygen atoms in total. The molecule has 3 N–H and O–H groups in total. The number of hydrogen-bond donors (Lipinski definition) is 3. The first-order valence-electron chi connectivity index (χ1n) is 13.4. The van der Waals surface area contributed by atoms with Crippen LogP contribution in [0.15, 0.2) is 59.0 Å². The highest BCUT2D eigenvalue weighted by atomic mass is 16.2. The van der Waals surface area contributed by atoms with E-state index in [-0.39, 0.29) is 23.9 Å². The Labute approximate surface area is 229 Å². The zero-order valence-electron chi connectivity index (χ0n) is 23.3. The number of aromatic nitrogens is 2. The van der Waals surface area contributed by atoms with Crippen molar-refractivity contribution in [2.75, 3.05) is 5.32 Å². The number of allylic oxidation sites excluding steroid dienone is 3. The first-order valence-corrected chi connectivity index (χ1v) is 13.4. The molecule has 0 spiro atoms. The van der Waals surface area contributed by atoms with Gasteiger partial charge in [0.15, 0.2) is 0 Å². The van der Waals surface area contributed by atoms with Gasteiger partial charge in [-0.3, -0.25) is 14.4 Å². The van der Waals surface area contributed by atoms with Gasteiger partial charge in [0.25, 0.3) is 11.5 Å². The molecule has 0 bridgehead atoms. The highest BCUT2D eigenvalue weighted by Crippen LogP contribution is 2.31. The Bertz CT molecular complexity index is 1510. The summed E-state index contributed by atoms with van der Waals surface area (Å²) in [4.78, 5) is 45.1. The third kappa shape index (κ3) is 6.60. The SMILES string of the molecule is CCCc1cc(C)[nH]c(=O)c1CNC(=O)c1cc(-c2ccc(NC(C)=O)nc2)cc2c1C=CC=C(C(C)C)C2. The van der Waals surface area contributed by atoms with Gasteiger partial charge in [-0.25, -0.2) is 4.98 Å². The summed E-state index contributed by atoms with van der Waals surface area (Å²) < 4.78 is 0. The van der Waals surface area contributed by atoms with Crippen LogP contribution in [0.5, 0.6) is 0 Å². The minimum absolute atomic E-state index is 0.148. The Hall–Kier alpha value is -4.26. The monoisotopic (exact) mass is 524 g/mol. The number of carbonyl (C=O) groups excluding carboxylic acids is 2. The number of fused-ring (bicyclic) bond motifs is 1. The summed E-state index contributed by atoms with van der Waals surface area (Å²) >= 11 is 0. The molecule has 3 aromatic rings. The minimum Gasteiger partial charge on any atom is -0.348 e. The quantitative estimate of drug-likeness (QED) is 0.350. The van der Waals surface area contributed by atoms with Crippen LogP contribution in [0.2, 0.25) is 0 Å². The van der Waals surface area contributed by atoms with Crippen LogP contribution in [0.3, 0.4) is 0 Å². The van der Waals surface area contributed by atoms with Gasteiger partial charge in [0, 0.05) is 42.0 Å². The Kier molecular flexibility index (Phi) is 8.59. The Morgan fingerprint density at radius 2 is 1.92 bits per heavy atom. The molecule has 1 aromatic carbocycles. The second-order valence-corrected chi connectivity index (χ2v) is 10.4. The lowest BCUT2D eigenvalue weighted by Gasteiger charge is -2.17. The van der Waals surface area contributed by atoms with Crippen molar-refractivity contribution in [2.24, 2.45) is 5.92 Å². The summed E-state index contributed by atoms with van der Waals surface area (Å²) in [5.74, 6) is 0.410. The number of anilines is 1. The number of carbonyl (C=O) groups is 2. The summed E-state index contributed by atoms with van der Waals surface area (Å²) in [6, 6.07) is 9.60. The molecule has 0 aliphatic heterocycles. The molecule has 202 valence electrons. The van der Waals surface area contributed by atoms with Crippen molar-refractivity contribution < 1.29 is 9.59 Å². The van der Waals surface area contributed by atoms with Gasteiger partial charge in [0.05, 0.1) is 0 Å². The fourth-order valence-corrected chi connectivity index (χ4v) is 4.91. The average Bonchev–Trinajstić information content (AvgIpc) is 3.10. The molecule has 0 radical (unpaired) electrons. The molecule has 0 saturated carbocycles. The van der Waals surface area contributed by atoms with E-state index in [1.807, 2.05) is 37.3 Å². The topological polar surface area (TPSA) is 104 Å². The number of nitrogens with one attached hydrogen (secondary N) is 3. The third-order valence-corrected chi connectivity index (χ3v) is 6.93. The second kappa shape index (κ2) is 12.1. The molecule has 1 aliphatic rings. The number of nitrogens with zero attached hydrogens (tertiary/aromatic N) is 1. The van der Waals surface area contributed by atoms with E-state index in [4.69, 9.17) is 0 Å². The van der Waals surface area contributed by atoms with E-state index in [2.05, 4.69) is 53.5 Å². The molecule has 39 heavy (non-hydrogen) atoms. The van der Waals surface area contributed by atoms with Gasteiger partial charge < -0.3 is 15.6 Å². The summed E-state index contributed by atoms with van der Waals surface area (Å²) in [5.41, 5.74) is 7.65. The van der Waals surface area contributed by atoms with Crippen LogP contribution in [0.4, 0.5) is 5.82 Å². The number of hydrogen-bond acceptors (Lipinski definition) is 4. The lowest BCUT2D eigenvalue weighted by Crippen LogP contribution is -2.29. The molecule has 0 unspecified atom stereocenters. The minimum atomic E-state index is -0.240. The smallest absolute Gasteiger partial charge is 0.253 e. The first-order chi connectivity index (χ1) is 18.7. The van der Waals surface area contributed by atoms with E-state index in [0.717, 1.165) is 52.8 Å². The molecule has 4 rings (SSSR count). The number of amides is 2. The maximum absolute atomic E-state index is 13.7. The number of aryl methyl sites for hydroxylation is 2. The number of aromatic amines is 1. The third-order valence-electron chi connectivity index (χ3n) is 6.93. The maximum atomic E-state index is 13.7. The van der Waals surface area contributed by atoms with Crippen molar-refractivity contribution >= 4 is 23.7 Å². The van der Waals surface area contributed by atoms with E-state index >= 15 is 0 Å². The second-order valence-electron chi connectivity index (χ2n) is 10.4. The molecule has 0 saturated heterocycles. The number of pyridine rings is 2. The van der Waals surface area contributed by atoms with Crippen LogP contribution in [0.1, 0.15) is 72.4 Å². The largest absolute Gasteiger partial charge is 0.348 e. The van der Waals surface area contributed by atoms with E-state index in [1.165, 1.54) is 12.5 Å². The van der Waals surface area contributed by atoms with Crippen molar-refractivity contribution in [3.8, 4) is 11.1 Å². The highest BCUT2D eigenvalue weighted by Gasteiger charge is 2.20. The van der Waals surface area contributed by atoms with E-state index in [9.17, 15) is 14.4 Å². The summed E-state index contributed by atoms with van der Waals surface area (Å²) in [6.45, 7) is 9.86. The highest BCUT2D eigenvalue weighted by molar-refractivity contribution is 6.00. The fourth-order valence-electron chi connectivity index (χ4n) is 4.91. The Balaban J connectivity index is 1.72. The van der Waals surface area contributed by atoms with Crippen LogP contribution < -0.4 is 16.2 Å². The fraction of sp³-hybridized carbons (Fsp3) is 0.312. The zero-order chi connectivity index (χ0) is 28.1. The normalized spacial score (nSPS) is 12.5. The number of H-pyrrole nitrogens is 1. The van der Waals surface area contributed by atoms with Gasteiger partial charge in [0.1, 0.15) is 5.82 Å². The van der Waals surface area contributed by atoms with E-state index < -0.39 is 0 Å². The molecular formula is C32H36N4O3. The molecule has 1 aliphatic carbocycles. The maximum Gasteiger partial charge on any atom is 0.253 e. The van der Waals surface area contributed by atoms with E-state index in [0.29, 0.717) is 22.9 Å². The molecule has 0 atom stereocenters. The molecule has 2 amide bonds. The van der Waals surface area contributed by atoms with Gasteiger partial charge in [-0.15, -0.1) is 0 Å². The Morgan fingerprint density at radius 1 is 1.13 bits per heavy atom. The predicted molar refractivity (Wildman–Crippen MR) is 157 cm³/mol. The van der Waals surface area contributed by atoms with Gasteiger partial charge >= 0.3 is 0 Å². The van der Waals surface area contributed by atoms with Gasteiger partial charge in [-0.2, -0.15) is 0 Å². The predicted octanol–water partition coefficient (Wildman–Crippen LogP) is 5.74. The van der Waals surface area contributed by atoms with Crippen LogP contribution in [0, 0.1) is 12.8 Å². The average molecular weight is 525 g/mol. The van der Waals surface area contributed by atoms with Gasteiger partial charge in [-0.05, 0) is 72.2 Å². The zero-order valence-corrected chi connectivity index (χ0v) is 23.3. The lowest BCUT2D eigenvalue weighted by molar-refractivity contribution is -0.114. The number of rotatable bonds is 8. The van der Waals surface area contributed by atoms with Crippen LogP contribution in [-0.4, -0.2) is 21.8 Å². The molecule has 0 fully saturated rings. The molecular weight excluding hydrogens is 488 g/mol. The lowest BCUT2D eigenvalue weighted by atomic mass is 9.89. The van der Waals surface area contributed by atoms with E-state index in [1.54, 1.807) is 12.3 Å². The van der Waals surface area contributed by atoms with Crippen LogP contribution in [-0.2, 0) is 24.2 Å². The standard InChI is InChI=1S/C32H36N4O3/c1-6-8-23-13-20(4)35-32(39)29(23)18-34-31(38)28-16-25(24-11-12-30(33-17-24)36-21(5)37)15-26-14-22(19(2)3)9-7-10-27(26)28/h7,9-13,15-17,19H,6,8,14,18H2,1-5H3,(H,34,38)(H,35,39)(H,33,36,37). The summed E-state index contributed by atoms with van der Waals surface area (Å²) in [6.07, 6.45) is 10.2. The van der Waals surface area contributed by atoms with Crippen LogP contribution in [0.25, 0.3) is 17.2 Å². The van der Waals surface area contributed by atoms with Gasteiger partial charge in [0.2, 0.25) is 5.91 Å². The molecule has 2 heterocycles. The first kappa shape index (κ1) is 27.8. The van der Waals surface area contributed by atoms with Crippen molar-refractivity contribution in [1.29, 1.82) is 0 Å². The molecule has 2 aromatic heterocycles. The Morgan fingerprint density at radius 3 is 2.59 bits per heavy atom. The van der Waals surface area contributed by atoms with Crippen molar-refractivity contribution in [1.82, 2.24) is 15.3 Å². The van der Waals surface area contributed by atoms with Crippen molar-refractivity contribution in [3.05, 3.63) is 98.1 Å². The summed E-state index contributed by atoms with van der Waals surface area (Å²) in [5, 5.41) is 5.70. The molecule has 7 heteroatoms. The number of benzene rings is 1.